The quantitative estimate of drug-likeness (QED) is 0.918. The fraction of sp³-hybridized carbons (Fsp3) is 0.375. The highest BCUT2D eigenvalue weighted by atomic mass is 19.1. The lowest BCUT2D eigenvalue weighted by Crippen LogP contribution is -2.34. The van der Waals surface area contributed by atoms with Gasteiger partial charge in [-0.3, -0.25) is 9.48 Å². The van der Waals surface area contributed by atoms with E-state index in [1.54, 1.807) is 18.1 Å². The molecular formula is C16H18F2N4O. The van der Waals surface area contributed by atoms with Crippen LogP contribution in [-0.4, -0.2) is 46.8 Å². The van der Waals surface area contributed by atoms with Crippen molar-refractivity contribution in [3.05, 3.63) is 41.6 Å². The van der Waals surface area contributed by atoms with Crippen LogP contribution in [0.2, 0.25) is 0 Å². The Morgan fingerprint density at radius 3 is 2.87 bits per heavy atom. The number of aromatic nitrogens is 2. The number of hydrogen-bond donors (Lipinski definition) is 1. The molecule has 1 amide bonds. The van der Waals surface area contributed by atoms with Gasteiger partial charge in [0, 0.05) is 44.5 Å². The van der Waals surface area contributed by atoms with Crippen LogP contribution in [0.15, 0.2) is 24.4 Å². The fourth-order valence-corrected chi connectivity index (χ4v) is 2.74. The zero-order valence-electron chi connectivity index (χ0n) is 12.9. The summed E-state index contributed by atoms with van der Waals surface area (Å²) in [5.41, 5.74) is 0.704. The largest absolute Gasteiger partial charge is 0.337 e. The third-order valence-corrected chi connectivity index (χ3v) is 3.87. The van der Waals surface area contributed by atoms with Gasteiger partial charge in [0.1, 0.15) is 17.3 Å². The molecule has 2 heterocycles. The first-order chi connectivity index (χ1) is 11.1. The molecule has 0 spiro atoms. The Balaban J connectivity index is 1.98. The molecule has 1 aromatic carbocycles. The molecule has 122 valence electrons. The van der Waals surface area contributed by atoms with Gasteiger partial charge in [-0.1, -0.05) is 0 Å². The fourth-order valence-electron chi connectivity index (χ4n) is 2.74. The molecule has 0 saturated carbocycles. The lowest BCUT2D eigenvalue weighted by Gasteiger charge is -2.19. The minimum Gasteiger partial charge on any atom is -0.337 e. The zero-order chi connectivity index (χ0) is 16.4. The molecule has 0 radical (unpaired) electrons. The molecular weight excluding hydrogens is 302 g/mol. The van der Waals surface area contributed by atoms with Crippen LogP contribution >= 0.6 is 0 Å². The molecule has 7 heteroatoms. The molecule has 0 atom stereocenters. The summed E-state index contributed by atoms with van der Waals surface area (Å²) < 4.78 is 28.7. The first kappa shape index (κ1) is 15.6. The Labute approximate surface area is 132 Å². The average molecular weight is 320 g/mol. The predicted molar refractivity (Wildman–Crippen MR) is 82.0 cm³/mol. The molecule has 2 aromatic rings. The summed E-state index contributed by atoms with van der Waals surface area (Å²) in [5, 5.41) is 7.44. The highest BCUT2D eigenvalue weighted by molar-refractivity contribution is 5.99. The molecule has 5 nitrogen and oxygen atoms in total. The van der Waals surface area contributed by atoms with Crippen LogP contribution < -0.4 is 5.32 Å². The average Bonchev–Trinajstić information content (AvgIpc) is 2.73. The molecule has 1 saturated heterocycles. The summed E-state index contributed by atoms with van der Waals surface area (Å²) in [7, 11) is 1.67. The Kier molecular flexibility index (Phi) is 4.38. The smallest absolute Gasteiger partial charge is 0.257 e. The number of halogens is 2. The van der Waals surface area contributed by atoms with E-state index in [-0.39, 0.29) is 17.2 Å². The van der Waals surface area contributed by atoms with Crippen LogP contribution in [0, 0.1) is 11.6 Å². The molecule has 0 aliphatic carbocycles. The number of hydrogen-bond acceptors (Lipinski definition) is 3. The van der Waals surface area contributed by atoms with Crippen LogP contribution in [0.3, 0.4) is 0 Å². The molecule has 1 N–H and O–H groups in total. The second-order valence-corrected chi connectivity index (χ2v) is 5.58. The van der Waals surface area contributed by atoms with Gasteiger partial charge in [0.05, 0.1) is 5.56 Å². The molecule has 23 heavy (non-hydrogen) atoms. The van der Waals surface area contributed by atoms with Crippen LogP contribution in [0.4, 0.5) is 8.78 Å². The minimum absolute atomic E-state index is 0.128. The maximum atomic E-state index is 14.1. The maximum Gasteiger partial charge on any atom is 0.257 e. The van der Waals surface area contributed by atoms with Crippen LogP contribution in [0.5, 0.6) is 0 Å². The topological polar surface area (TPSA) is 50.2 Å². The van der Waals surface area contributed by atoms with E-state index in [1.807, 2.05) is 0 Å². The SMILES string of the molecule is Cn1cc(C(=O)N2CCCNCC2)c(-c2ccc(F)cc2F)n1. The third-order valence-electron chi connectivity index (χ3n) is 3.87. The highest BCUT2D eigenvalue weighted by Crippen LogP contribution is 2.26. The van der Waals surface area contributed by atoms with Crippen molar-refractivity contribution in [1.29, 1.82) is 0 Å². The summed E-state index contributed by atoms with van der Waals surface area (Å²) in [6, 6.07) is 3.28. The van der Waals surface area contributed by atoms with E-state index in [9.17, 15) is 13.6 Å². The van der Waals surface area contributed by atoms with Crippen molar-refractivity contribution in [3.63, 3.8) is 0 Å². The lowest BCUT2D eigenvalue weighted by molar-refractivity contribution is 0.0767. The molecule has 1 aromatic heterocycles. The third kappa shape index (κ3) is 3.24. The number of benzene rings is 1. The van der Waals surface area contributed by atoms with Gasteiger partial charge in [-0.2, -0.15) is 5.10 Å². The Morgan fingerprint density at radius 2 is 2.09 bits per heavy atom. The number of nitrogens with one attached hydrogen (secondary N) is 1. The summed E-state index contributed by atoms with van der Waals surface area (Å²) in [4.78, 5) is 14.5. The standard InChI is InChI=1S/C16H18F2N4O/c1-21-10-13(16(23)22-7-2-5-19-6-8-22)15(20-21)12-4-3-11(17)9-14(12)18/h3-4,9-10,19H,2,5-8H2,1H3. The Bertz CT molecular complexity index is 721. The monoisotopic (exact) mass is 320 g/mol. The van der Waals surface area contributed by atoms with Crippen molar-refractivity contribution in [2.24, 2.45) is 7.05 Å². The summed E-state index contributed by atoms with van der Waals surface area (Å²) in [5.74, 6) is -1.57. The second-order valence-electron chi connectivity index (χ2n) is 5.58. The second kappa shape index (κ2) is 6.45. The molecule has 1 aliphatic rings. The van der Waals surface area contributed by atoms with Gasteiger partial charge in [0.15, 0.2) is 0 Å². The van der Waals surface area contributed by atoms with Crippen molar-refractivity contribution in [2.75, 3.05) is 26.2 Å². The summed E-state index contributed by atoms with van der Waals surface area (Å²) >= 11 is 0. The van der Waals surface area contributed by atoms with E-state index in [1.165, 1.54) is 10.7 Å². The Hall–Kier alpha value is -2.28. The number of rotatable bonds is 2. The number of aryl methyl sites for hydroxylation is 1. The van der Waals surface area contributed by atoms with E-state index in [0.717, 1.165) is 31.6 Å². The van der Waals surface area contributed by atoms with Gasteiger partial charge in [-0.05, 0) is 25.1 Å². The van der Waals surface area contributed by atoms with E-state index in [2.05, 4.69) is 10.4 Å². The van der Waals surface area contributed by atoms with E-state index in [4.69, 9.17) is 0 Å². The number of nitrogens with zero attached hydrogens (tertiary/aromatic N) is 3. The lowest BCUT2D eigenvalue weighted by atomic mass is 10.1. The normalized spacial score (nSPS) is 15.5. The van der Waals surface area contributed by atoms with Crippen molar-refractivity contribution in [1.82, 2.24) is 20.0 Å². The summed E-state index contributed by atoms with van der Waals surface area (Å²) in [6.07, 6.45) is 2.45. The molecule has 1 fully saturated rings. The van der Waals surface area contributed by atoms with Gasteiger partial charge >= 0.3 is 0 Å². The van der Waals surface area contributed by atoms with Gasteiger partial charge in [-0.25, -0.2) is 8.78 Å². The van der Waals surface area contributed by atoms with Crippen molar-refractivity contribution in [2.45, 2.75) is 6.42 Å². The van der Waals surface area contributed by atoms with Gasteiger partial charge in [0.2, 0.25) is 0 Å². The van der Waals surface area contributed by atoms with Crippen molar-refractivity contribution < 1.29 is 13.6 Å². The number of amides is 1. The van der Waals surface area contributed by atoms with Gasteiger partial charge in [-0.15, -0.1) is 0 Å². The molecule has 0 unspecified atom stereocenters. The number of carbonyl (C=O) groups excluding carboxylic acids is 1. The van der Waals surface area contributed by atoms with Crippen molar-refractivity contribution >= 4 is 5.91 Å². The predicted octanol–water partition coefficient (Wildman–Crippen LogP) is 1.80. The van der Waals surface area contributed by atoms with Gasteiger partial charge < -0.3 is 10.2 Å². The van der Waals surface area contributed by atoms with Gasteiger partial charge in [0.25, 0.3) is 5.91 Å². The summed E-state index contributed by atoms with van der Waals surface area (Å²) in [6.45, 7) is 2.84. The molecule has 1 aliphatic heterocycles. The van der Waals surface area contributed by atoms with Crippen molar-refractivity contribution in [3.8, 4) is 11.3 Å². The number of carbonyl (C=O) groups is 1. The maximum absolute atomic E-state index is 14.1. The van der Waals surface area contributed by atoms with Crippen LogP contribution in [0.25, 0.3) is 11.3 Å². The zero-order valence-corrected chi connectivity index (χ0v) is 12.9. The van der Waals surface area contributed by atoms with Crippen LogP contribution in [0.1, 0.15) is 16.8 Å². The molecule has 3 rings (SSSR count). The Morgan fingerprint density at radius 1 is 1.26 bits per heavy atom. The minimum atomic E-state index is -0.727. The van der Waals surface area contributed by atoms with Crippen LogP contribution in [-0.2, 0) is 7.05 Å². The first-order valence-corrected chi connectivity index (χ1v) is 7.55. The first-order valence-electron chi connectivity index (χ1n) is 7.55. The van der Waals surface area contributed by atoms with E-state index >= 15 is 0 Å². The van der Waals surface area contributed by atoms with E-state index < -0.39 is 11.6 Å². The molecule has 0 bridgehead atoms. The van der Waals surface area contributed by atoms with E-state index in [0.29, 0.717) is 18.7 Å². The highest BCUT2D eigenvalue weighted by Gasteiger charge is 2.24.